The molecule has 154 valence electrons. The largest absolute Gasteiger partial charge is 0.354 e. The lowest BCUT2D eigenvalue weighted by Crippen LogP contribution is -2.53. The number of rotatable bonds is 5. The molecule has 2 aromatic rings. The fourth-order valence-corrected chi connectivity index (χ4v) is 3.29. The number of piperazine rings is 1. The van der Waals surface area contributed by atoms with Crippen molar-refractivity contribution in [3.63, 3.8) is 0 Å². The summed E-state index contributed by atoms with van der Waals surface area (Å²) in [5.41, 5.74) is 0.475. The Kier molecular flexibility index (Phi) is 7.48. The van der Waals surface area contributed by atoms with Crippen LogP contribution < -0.4 is 15.5 Å². The highest BCUT2D eigenvalue weighted by atomic mass is 35.5. The average molecular weight is 436 g/mol. The van der Waals surface area contributed by atoms with E-state index in [2.05, 4.69) is 35.4 Å². The van der Waals surface area contributed by atoms with Crippen molar-refractivity contribution in [2.45, 2.75) is 0 Å². The van der Waals surface area contributed by atoms with Crippen molar-refractivity contribution in [3.8, 4) is 0 Å². The van der Waals surface area contributed by atoms with E-state index in [1.54, 1.807) is 37.6 Å². The molecule has 8 nitrogen and oxygen atoms in total. The monoisotopic (exact) mass is 435 g/mol. The molecule has 1 saturated heterocycles. The number of hydrogen-bond donors (Lipinski definition) is 2. The third-order valence-electron chi connectivity index (χ3n) is 4.50. The zero-order valence-electron chi connectivity index (χ0n) is 16.1. The van der Waals surface area contributed by atoms with Gasteiger partial charge >= 0.3 is 0 Å². The summed E-state index contributed by atoms with van der Waals surface area (Å²) in [5.74, 6) is 1.36. The van der Waals surface area contributed by atoms with Crippen molar-refractivity contribution in [3.05, 3.63) is 52.3 Å². The van der Waals surface area contributed by atoms with E-state index in [0.717, 1.165) is 38.1 Å². The number of halogens is 2. The normalized spacial score (nSPS) is 14.7. The van der Waals surface area contributed by atoms with Gasteiger partial charge in [-0.05, 0) is 24.3 Å². The minimum absolute atomic E-state index is 0.197. The van der Waals surface area contributed by atoms with Crippen LogP contribution in [0, 0.1) is 0 Å². The van der Waals surface area contributed by atoms with Gasteiger partial charge in [-0.15, -0.1) is 0 Å². The van der Waals surface area contributed by atoms with Crippen LogP contribution in [-0.4, -0.2) is 73.1 Å². The predicted octanol–water partition coefficient (Wildman–Crippen LogP) is 1.91. The van der Waals surface area contributed by atoms with Crippen LogP contribution in [0.2, 0.25) is 10.0 Å². The second kappa shape index (κ2) is 10.3. The summed E-state index contributed by atoms with van der Waals surface area (Å²) in [5, 5.41) is 6.92. The first kappa shape index (κ1) is 21.1. The Bertz CT molecular complexity index is 855. The molecule has 1 aliphatic rings. The van der Waals surface area contributed by atoms with Gasteiger partial charge in [0.25, 0.3) is 5.91 Å². The van der Waals surface area contributed by atoms with Crippen molar-refractivity contribution >= 4 is 41.0 Å². The van der Waals surface area contributed by atoms with Crippen LogP contribution >= 0.6 is 23.2 Å². The van der Waals surface area contributed by atoms with Crippen molar-refractivity contribution in [2.24, 2.45) is 4.99 Å². The van der Waals surface area contributed by atoms with Gasteiger partial charge in [-0.2, -0.15) is 0 Å². The zero-order chi connectivity index (χ0) is 20.6. The number of aliphatic imine (C=N–C) groups is 1. The number of nitrogens with zero attached hydrogens (tertiary/aromatic N) is 5. The molecule has 0 radical (unpaired) electrons. The molecular formula is C19H23Cl2N7O. The first-order valence-electron chi connectivity index (χ1n) is 9.29. The maximum absolute atomic E-state index is 12.2. The molecule has 2 N–H and O–H groups in total. The van der Waals surface area contributed by atoms with Crippen LogP contribution in [0.5, 0.6) is 0 Å². The number of amides is 1. The summed E-state index contributed by atoms with van der Waals surface area (Å²) < 4.78 is 0. The van der Waals surface area contributed by atoms with Crippen LogP contribution in [0.25, 0.3) is 0 Å². The highest BCUT2D eigenvalue weighted by molar-refractivity contribution is 6.42. The van der Waals surface area contributed by atoms with Gasteiger partial charge in [-0.25, -0.2) is 9.97 Å². The lowest BCUT2D eigenvalue weighted by molar-refractivity contribution is 0.0954. The van der Waals surface area contributed by atoms with E-state index in [0.29, 0.717) is 28.7 Å². The maximum atomic E-state index is 12.2. The highest BCUT2D eigenvalue weighted by Crippen LogP contribution is 2.22. The molecule has 1 aromatic carbocycles. The Morgan fingerprint density at radius 1 is 1.07 bits per heavy atom. The fraction of sp³-hybridized carbons (Fsp3) is 0.368. The summed E-state index contributed by atoms with van der Waals surface area (Å²) in [4.78, 5) is 29.5. The molecule has 1 aliphatic heterocycles. The number of hydrogen-bond acceptors (Lipinski definition) is 5. The summed E-state index contributed by atoms with van der Waals surface area (Å²) in [6.07, 6.45) is 3.50. The summed E-state index contributed by atoms with van der Waals surface area (Å²) in [6, 6.07) is 6.62. The molecule has 0 unspecified atom stereocenters. The van der Waals surface area contributed by atoms with E-state index in [-0.39, 0.29) is 5.91 Å². The molecule has 0 saturated carbocycles. The number of benzene rings is 1. The van der Waals surface area contributed by atoms with Crippen LogP contribution in [-0.2, 0) is 0 Å². The minimum Gasteiger partial charge on any atom is -0.354 e. The smallest absolute Gasteiger partial charge is 0.251 e. The van der Waals surface area contributed by atoms with E-state index >= 15 is 0 Å². The lowest BCUT2D eigenvalue weighted by atomic mass is 10.2. The molecule has 1 amide bonds. The van der Waals surface area contributed by atoms with Crippen molar-refractivity contribution in [1.29, 1.82) is 0 Å². The zero-order valence-corrected chi connectivity index (χ0v) is 17.6. The maximum Gasteiger partial charge on any atom is 0.251 e. The standard InChI is InChI=1S/C19H23Cl2N7O/c1-22-18(27-9-11-28(12-10-27)19-24-5-2-6-25-19)26-8-7-23-17(29)14-3-4-15(20)16(21)13-14/h2-6,13H,7-12H2,1H3,(H,22,26)(H,23,29). The van der Waals surface area contributed by atoms with Crippen LogP contribution in [0.15, 0.2) is 41.7 Å². The summed E-state index contributed by atoms with van der Waals surface area (Å²) in [7, 11) is 1.75. The molecule has 0 atom stereocenters. The first-order valence-corrected chi connectivity index (χ1v) is 10.0. The van der Waals surface area contributed by atoms with Crippen molar-refractivity contribution < 1.29 is 4.79 Å². The van der Waals surface area contributed by atoms with Crippen molar-refractivity contribution in [1.82, 2.24) is 25.5 Å². The molecule has 10 heteroatoms. The van der Waals surface area contributed by atoms with Gasteiger partial charge in [0.1, 0.15) is 0 Å². The van der Waals surface area contributed by atoms with Gasteiger partial charge in [0.05, 0.1) is 10.0 Å². The molecule has 1 aromatic heterocycles. The Balaban J connectivity index is 1.42. The van der Waals surface area contributed by atoms with E-state index in [1.165, 1.54) is 0 Å². The Labute approximate surface area is 179 Å². The molecule has 29 heavy (non-hydrogen) atoms. The minimum atomic E-state index is -0.197. The highest BCUT2D eigenvalue weighted by Gasteiger charge is 2.20. The van der Waals surface area contributed by atoms with Crippen LogP contribution in [0.1, 0.15) is 10.4 Å². The molecule has 0 bridgehead atoms. The summed E-state index contributed by atoms with van der Waals surface area (Å²) >= 11 is 11.8. The summed E-state index contributed by atoms with van der Waals surface area (Å²) in [6.45, 7) is 4.27. The van der Waals surface area contributed by atoms with Gasteiger partial charge in [0, 0.05) is 64.3 Å². The number of nitrogens with one attached hydrogen (secondary N) is 2. The van der Waals surface area contributed by atoms with Gasteiger partial charge in [-0.3, -0.25) is 9.79 Å². The number of carbonyl (C=O) groups is 1. The predicted molar refractivity (Wildman–Crippen MR) is 116 cm³/mol. The Morgan fingerprint density at radius 2 is 1.76 bits per heavy atom. The van der Waals surface area contributed by atoms with Gasteiger partial charge in [-0.1, -0.05) is 23.2 Å². The second-order valence-electron chi connectivity index (χ2n) is 6.38. The Morgan fingerprint density at radius 3 is 2.41 bits per heavy atom. The van der Waals surface area contributed by atoms with E-state index in [9.17, 15) is 4.79 Å². The molecule has 2 heterocycles. The average Bonchev–Trinajstić information content (AvgIpc) is 2.76. The SMILES string of the molecule is CN=C(NCCNC(=O)c1ccc(Cl)c(Cl)c1)N1CCN(c2ncccn2)CC1. The van der Waals surface area contributed by atoms with Crippen LogP contribution in [0.4, 0.5) is 5.95 Å². The fourth-order valence-electron chi connectivity index (χ4n) is 2.99. The van der Waals surface area contributed by atoms with Gasteiger partial charge in [0.2, 0.25) is 5.95 Å². The first-order chi connectivity index (χ1) is 14.1. The number of aromatic nitrogens is 2. The molecule has 1 fully saturated rings. The lowest BCUT2D eigenvalue weighted by Gasteiger charge is -2.36. The second-order valence-corrected chi connectivity index (χ2v) is 7.20. The van der Waals surface area contributed by atoms with Gasteiger partial charge < -0.3 is 20.4 Å². The number of carbonyl (C=O) groups excluding carboxylic acids is 1. The Hall–Kier alpha value is -2.58. The van der Waals surface area contributed by atoms with E-state index in [4.69, 9.17) is 23.2 Å². The van der Waals surface area contributed by atoms with Crippen molar-refractivity contribution in [2.75, 3.05) is 51.2 Å². The van der Waals surface area contributed by atoms with Crippen LogP contribution in [0.3, 0.4) is 0 Å². The molecule has 3 rings (SSSR count). The molecular weight excluding hydrogens is 413 g/mol. The third kappa shape index (κ3) is 5.71. The van der Waals surface area contributed by atoms with E-state index in [1.807, 2.05) is 6.07 Å². The topological polar surface area (TPSA) is 85.8 Å². The third-order valence-corrected chi connectivity index (χ3v) is 5.24. The number of anilines is 1. The quantitative estimate of drug-likeness (QED) is 0.423. The van der Waals surface area contributed by atoms with Gasteiger partial charge in [0.15, 0.2) is 5.96 Å². The van der Waals surface area contributed by atoms with E-state index < -0.39 is 0 Å². The molecule has 0 aliphatic carbocycles. The molecule has 0 spiro atoms. The number of guanidine groups is 1.